The number of rotatable bonds is 5. The van der Waals surface area contributed by atoms with Crippen molar-refractivity contribution in [1.82, 2.24) is 5.32 Å². The lowest BCUT2D eigenvalue weighted by Gasteiger charge is -2.46. The minimum atomic E-state index is -1.75. The Hall–Kier alpha value is -1.38. The number of nitrogens with one attached hydrogen (secondary N) is 1. The fraction of sp³-hybridized carbons (Fsp3) is 0.867. The average Bonchev–Trinajstić information content (AvgIpc) is 2.60. The van der Waals surface area contributed by atoms with Crippen molar-refractivity contribution >= 4 is 11.9 Å². The van der Waals surface area contributed by atoms with E-state index in [1.165, 1.54) is 21.0 Å². The molecule has 12 nitrogen and oxygen atoms in total. The first-order chi connectivity index (χ1) is 12.6. The molecule has 0 aromatic carbocycles. The summed E-state index contributed by atoms with van der Waals surface area (Å²) in [6.07, 6.45) is -12.3. The second kappa shape index (κ2) is 8.75. The monoisotopic (exact) mass is 395 g/mol. The van der Waals surface area contributed by atoms with E-state index < -0.39 is 73.2 Å². The van der Waals surface area contributed by atoms with E-state index in [0.29, 0.717) is 0 Å². The molecule has 2 aliphatic heterocycles. The van der Waals surface area contributed by atoms with Crippen LogP contribution in [0.15, 0.2) is 0 Å². The van der Waals surface area contributed by atoms with Gasteiger partial charge in [-0.3, -0.25) is 4.79 Å². The number of amides is 1. The zero-order valence-electron chi connectivity index (χ0n) is 15.0. The predicted molar refractivity (Wildman–Crippen MR) is 83.8 cm³/mol. The van der Waals surface area contributed by atoms with Crippen molar-refractivity contribution in [2.45, 2.75) is 69.3 Å². The van der Waals surface area contributed by atoms with Gasteiger partial charge in [-0.15, -0.1) is 0 Å². The molecule has 2 heterocycles. The number of carbonyl (C=O) groups excluding carboxylic acids is 1. The van der Waals surface area contributed by atoms with Gasteiger partial charge in [0, 0.05) is 20.0 Å². The molecule has 156 valence electrons. The molecule has 27 heavy (non-hydrogen) atoms. The van der Waals surface area contributed by atoms with Crippen molar-refractivity contribution in [3.63, 3.8) is 0 Å². The molecule has 10 unspecified atom stereocenters. The largest absolute Gasteiger partial charge is 0.479 e. The highest BCUT2D eigenvalue weighted by Crippen LogP contribution is 2.31. The van der Waals surface area contributed by atoms with Gasteiger partial charge in [0.05, 0.1) is 6.10 Å². The van der Waals surface area contributed by atoms with Crippen molar-refractivity contribution in [2.75, 3.05) is 7.11 Å². The second-order valence-electron chi connectivity index (χ2n) is 6.55. The topological polar surface area (TPSA) is 184 Å². The van der Waals surface area contributed by atoms with Gasteiger partial charge in [-0.05, 0) is 0 Å². The first-order valence-electron chi connectivity index (χ1n) is 8.29. The molecule has 0 spiro atoms. The molecule has 0 radical (unpaired) electrons. The number of ether oxygens (including phenoxy) is 4. The number of methoxy groups -OCH3 is 1. The molecular formula is C15H25NO11. The number of hydrogen-bond acceptors (Lipinski definition) is 10. The van der Waals surface area contributed by atoms with Crippen LogP contribution in [0.4, 0.5) is 0 Å². The summed E-state index contributed by atoms with van der Waals surface area (Å²) in [5, 5.41) is 52.0. The third-order valence-electron chi connectivity index (χ3n) is 4.61. The van der Waals surface area contributed by atoms with Crippen molar-refractivity contribution < 1.29 is 54.1 Å². The molecule has 2 aliphatic rings. The molecule has 0 saturated carbocycles. The third-order valence-corrected chi connectivity index (χ3v) is 4.61. The zero-order chi connectivity index (χ0) is 20.5. The van der Waals surface area contributed by atoms with E-state index in [9.17, 15) is 35.1 Å². The summed E-state index contributed by atoms with van der Waals surface area (Å²) in [5.74, 6) is -2.83. The quantitative estimate of drug-likeness (QED) is 0.274. The van der Waals surface area contributed by atoms with Gasteiger partial charge in [-0.25, -0.2) is 4.79 Å². The van der Waals surface area contributed by atoms with Crippen LogP contribution in [0.25, 0.3) is 0 Å². The Morgan fingerprint density at radius 1 is 1.00 bits per heavy atom. The van der Waals surface area contributed by atoms with Crippen LogP contribution < -0.4 is 5.32 Å². The Kier molecular flexibility index (Phi) is 7.10. The van der Waals surface area contributed by atoms with E-state index in [2.05, 4.69) is 5.32 Å². The smallest absolute Gasteiger partial charge is 0.333 e. The highest BCUT2D eigenvalue weighted by atomic mass is 16.7. The van der Waals surface area contributed by atoms with Gasteiger partial charge in [0.2, 0.25) is 5.91 Å². The minimum absolute atomic E-state index is 0.523. The molecule has 2 fully saturated rings. The molecule has 0 aromatic heterocycles. The Morgan fingerprint density at radius 2 is 1.63 bits per heavy atom. The first-order valence-corrected chi connectivity index (χ1v) is 8.29. The standard InChI is InChI=1S/C15H25NO11/c1-4-7(18)8(19)15(25-10(4)12(21)22)26-11-6(16-5(2)17)14(24-3)27-13(23)9(11)20/h4,6-11,13-15,18-20,23H,1-3H3,(H,16,17)(H,21,22). The van der Waals surface area contributed by atoms with E-state index in [4.69, 9.17) is 18.9 Å². The lowest BCUT2D eigenvalue weighted by Crippen LogP contribution is -2.67. The summed E-state index contributed by atoms with van der Waals surface area (Å²) < 4.78 is 20.8. The van der Waals surface area contributed by atoms with Crippen LogP contribution in [0.3, 0.4) is 0 Å². The number of aliphatic hydroxyl groups is 4. The number of hydrogen-bond donors (Lipinski definition) is 6. The van der Waals surface area contributed by atoms with Gasteiger partial charge in [-0.2, -0.15) is 0 Å². The van der Waals surface area contributed by atoms with Crippen LogP contribution in [0.1, 0.15) is 13.8 Å². The maximum absolute atomic E-state index is 11.5. The van der Waals surface area contributed by atoms with Crippen molar-refractivity contribution in [3.8, 4) is 0 Å². The Bertz CT molecular complexity index is 546. The second-order valence-corrected chi connectivity index (χ2v) is 6.55. The molecular weight excluding hydrogens is 370 g/mol. The highest BCUT2D eigenvalue weighted by molar-refractivity contribution is 5.73. The molecule has 2 saturated heterocycles. The van der Waals surface area contributed by atoms with Crippen LogP contribution in [0, 0.1) is 5.92 Å². The number of aliphatic hydroxyl groups excluding tert-OH is 4. The molecule has 0 aromatic rings. The maximum atomic E-state index is 11.5. The Morgan fingerprint density at radius 3 is 2.15 bits per heavy atom. The van der Waals surface area contributed by atoms with E-state index in [1.807, 2.05) is 0 Å². The number of carboxylic acids is 1. The molecule has 10 atom stereocenters. The lowest BCUT2D eigenvalue weighted by molar-refractivity contribution is -0.353. The van der Waals surface area contributed by atoms with Crippen LogP contribution >= 0.6 is 0 Å². The first kappa shape index (κ1) is 21.9. The maximum Gasteiger partial charge on any atom is 0.333 e. The molecule has 1 amide bonds. The fourth-order valence-electron chi connectivity index (χ4n) is 3.13. The van der Waals surface area contributed by atoms with Crippen molar-refractivity contribution in [1.29, 1.82) is 0 Å². The van der Waals surface area contributed by atoms with Gasteiger partial charge < -0.3 is 49.8 Å². The van der Waals surface area contributed by atoms with E-state index >= 15 is 0 Å². The summed E-state index contributed by atoms with van der Waals surface area (Å²) in [4.78, 5) is 22.8. The fourth-order valence-corrected chi connectivity index (χ4v) is 3.13. The van der Waals surface area contributed by atoms with Crippen LogP contribution in [-0.4, -0.2) is 100.0 Å². The number of carbonyl (C=O) groups is 2. The van der Waals surface area contributed by atoms with Gasteiger partial charge in [-0.1, -0.05) is 6.92 Å². The predicted octanol–water partition coefficient (Wildman–Crippen LogP) is -3.27. The minimum Gasteiger partial charge on any atom is -0.479 e. The lowest BCUT2D eigenvalue weighted by atomic mass is 9.90. The van der Waals surface area contributed by atoms with Crippen LogP contribution in [0.5, 0.6) is 0 Å². The molecule has 0 bridgehead atoms. The summed E-state index contributed by atoms with van der Waals surface area (Å²) in [6, 6.07) is -1.12. The summed E-state index contributed by atoms with van der Waals surface area (Å²) in [7, 11) is 1.23. The zero-order valence-corrected chi connectivity index (χ0v) is 15.0. The number of carboxylic acid groups (broad SMARTS) is 1. The molecule has 0 aliphatic carbocycles. The van der Waals surface area contributed by atoms with Gasteiger partial charge in [0.25, 0.3) is 0 Å². The van der Waals surface area contributed by atoms with Gasteiger partial charge in [0.1, 0.15) is 24.4 Å². The highest BCUT2D eigenvalue weighted by Gasteiger charge is 2.51. The number of aliphatic carboxylic acids is 1. The van der Waals surface area contributed by atoms with E-state index in [-0.39, 0.29) is 0 Å². The molecule has 12 heteroatoms. The summed E-state index contributed by atoms with van der Waals surface area (Å²) in [6.45, 7) is 2.58. The van der Waals surface area contributed by atoms with Gasteiger partial charge in [0.15, 0.2) is 25.0 Å². The third kappa shape index (κ3) is 4.55. The average molecular weight is 395 g/mol. The van der Waals surface area contributed by atoms with Crippen molar-refractivity contribution in [3.05, 3.63) is 0 Å². The van der Waals surface area contributed by atoms with E-state index in [0.717, 1.165) is 0 Å². The molecule has 6 N–H and O–H groups in total. The van der Waals surface area contributed by atoms with Crippen LogP contribution in [-0.2, 0) is 28.5 Å². The van der Waals surface area contributed by atoms with Gasteiger partial charge >= 0.3 is 5.97 Å². The van der Waals surface area contributed by atoms with Crippen molar-refractivity contribution in [2.24, 2.45) is 5.92 Å². The SMILES string of the molecule is COC1OC(O)C(O)C(OC2OC(C(=O)O)C(C)C(O)C2O)C1NC(C)=O. The summed E-state index contributed by atoms with van der Waals surface area (Å²) in [5.41, 5.74) is 0. The Balaban J connectivity index is 2.26. The van der Waals surface area contributed by atoms with Crippen LogP contribution in [0.2, 0.25) is 0 Å². The molecule has 2 rings (SSSR count). The summed E-state index contributed by atoms with van der Waals surface area (Å²) >= 11 is 0. The Labute approximate surface area is 154 Å². The normalized spacial score (nSPS) is 45.3. The van der Waals surface area contributed by atoms with E-state index in [1.54, 1.807) is 0 Å².